The smallest absolute Gasteiger partial charge is 0.251 e. The van der Waals surface area contributed by atoms with Crippen molar-refractivity contribution in [3.05, 3.63) is 55.7 Å². The standard InChI is InChI=1S/C16H16BrNOS/c1-10-7-11(9-12(17)8-10)16(19)18-14-3-2-4-15-13(14)5-6-20-15/h5-9,14H,2-4H2,1H3,(H,18,19). The second-order valence-electron chi connectivity index (χ2n) is 5.23. The van der Waals surface area contributed by atoms with Crippen molar-refractivity contribution in [3.63, 3.8) is 0 Å². The number of thiophene rings is 1. The lowest BCUT2D eigenvalue weighted by molar-refractivity contribution is 0.0933. The molecule has 4 heteroatoms. The van der Waals surface area contributed by atoms with E-state index in [0.717, 1.165) is 34.9 Å². The minimum Gasteiger partial charge on any atom is -0.345 e. The molecule has 20 heavy (non-hydrogen) atoms. The van der Waals surface area contributed by atoms with Crippen molar-refractivity contribution in [1.29, 1.82) is 0 Å². The number of nitrogens with one attached hydrogen (secondary N) is 1. The summed E-state index contributed by atoms with van der Waals surface area (Å²) in [4.78, 5) is 13.8. The van der Waals surface area contributed by atoms with Crippen molar-refractivity contribution in [2.24, 2.45) is 0 Å². The molecule has 0 radical (unpaired) electrons. The van der Waals surface area contributed by atoms with Gasteiger partial charge in [-0.1, -0.05) is 15.9 Å². The molecule has 1 unspecified atom stereocenters. The molecule has 0 bridgehead atoms. The summed E-state index contributed by atoms with van der Waals surface area (Å²) in [5.41, 5.74) is 3.12. The highest BCUT2D eigenvalue weighted by Gasteiger charge is 2.23. The second kappa shape index (κ2) is 5.70. The van der Waals surface area contributed by atoms with E-state index in [0.29, 0.717) is 0 Å². The molecule has 2 aromatic rings. The Hall–Kier alpha value is -1.13. The van der Waals surface area contributed by atoms with Crippen molar-refractivity contribution < 1.29 is 4.79 Å². The molecule has 1 atom stereocenters. The van der Waals surface area contributed by atoms with Gasteiger partial charge in [-0.25, -0.2) is 0 Å². The summed E-state index contributed by atoms with van der Waals surface area (Å²) in [6, 6.07) is 8.12. The van der Waals surface area contributed by atoms with Crippen LogP contribution in [0.25, 0.3) is 0 Å². The fourth-order valence-corrected chi connectivity index (χ4v) is 4.34. The quantitative estimate of drug-likeness (QED) is 0.841. The lowest BCUT2D eigenvalue weighted by Gasteiger charge is -2.23. The number of benzene rings is 1. The van der Waals surface area contributed by atoms with Crippen molar-refractivity contribution >= 4 is 33.2 Å². The Labute approximate surface area is 131 Å². The number of carbonyl (C=O) groups is 1. The van der Waals surface area contributed by atoms with Crippen LogP contribution in [-0.4, -0.2) is 5.91 Å². The normalized spacial score (nSPS) is 17.6. The van der Waals surface area contributed by atoms with Gasteiger partial charge in [0, 0.05) is 14.9 Å². The van der Waals surface area contributed by atoms with Gasteiger partial charge in [0.05, 0.1) is 6.04 Å². The number of halogens is 1. The second-order valence-corrected chi connectivity index (χ2v) is 7.15. The molecular weight excluding hydrogens is 334 g/mol. The Morgan fingerprint density at radius 3 is 3.05 bits per heavy atom. The zero-order chi connectivity index (χ0) is 14.1. The highest BCUT2D eigenvalue weighted by molar-refractivity contribution is 9.10. The van der Waals surface area contributed by atoms with Crippen LogP contribution in [0.1, 0.15) is 45.2 Å². The summed E-state index contributed by atoms with van der Waals surface area (Å²) >= 11 is 5.25. The first-order chi connectivity index (χ1) is 9.63. The molecule has 0 fully saturated rings. The summed E-state index contributed by atoms with van der Waals surface area (Å²) in [7, 11) is 0. The van der Waals surface area contributed by atoms with E-state index in [1.54, 1.807) is 11.3 Å². The summed E-state index contributed by atoms with van der Waals surface area (Å²) in [6.45, 7) is 2.00. The Morgan fingerprint density at radius 1 is 1.40 bits per heavy atom. The molecule has 104 valence electrons. The van der Waals surface area contributed by atoms with E-state index in [2.05, 4.69) is 32.7 Å². The largest absolute Gasteiger partial charge is 0.345 e. The van der Waals surface area contributed by atoms with Gasteiger partial charge >= 0.3 is 0 Å². The number of fused-ring (bicyclic) bond motifs is 1. The maximum atomic E-state index is 12.4. The summed E-state index contributed by atoms with van der Waals surface area (Å²) in [5, 5.41) is 5.30. The molecule has 0 saturated heterocycles. The van der Waals surface area contributed by atoms with Crippen LogP contribution in [0.5, 0.6) is 0 Å². The van der Waals surface area contributed by atoms with Crippen LogP contribution in [0.2, 0.25) is 0 Å². The summed E-state index contributed by atoms with van der Waals surface area (Å²) < 4.78 is 0.947. The van der Waals surface area contributed by atoms with Crippen molar-refractivity contribution in [2.45, 2.75) is 32.2 Å². The summed E-state index contributed by atoms with van der Waals surface area (Å²) in [5.74, 6) is 0.0125. The van der Waals surface area contributed by atoms with E-state index in [1.165, 1.54) is 10.4 Å². The zero-order valence-corrected chi connectivity index (χ0v) is 13.7. The highest BCUT2D eigenvalue weighted by Crippen LogP contribution is 2.33. The van der Waals surface area contributed by atoms with Crippen LogP contribution in [0.3, 0.4) is 0 Å². The molecule has 3 rings (SSSR count). The van der Waals surface area contributed by atoms with Gasteiger partial charge < -0.3 is 5.32 Å². The van der Waals surface area contributed by atoms with Gasteiger partial charge in [0.15, 0.2) is 0 Å². The fraction of sp³-hybridized carbons (Fsp3) is 0.312. The topological polar surface area (TPSA) is 29.1 Å². The number of aryl methyl sites for hydroxylation is 2. The first-order valence-electron chi connectivity index (χ1n) is 6.78. The minimum atomic E-state index is 0.0125. The highest BCUT2D eigenvalue weighted by atomic mass is 79.9. The molecule has 0 aliphatic heterocycles. The third-order valence-electron chi connectivity index (χ3n) is 3.66. The maximum absolute atomic E-state index is 12.4. The number of amides is 1. The predicted octanol–water partition coefficient (Wildman–Crippen LogP) is 4.63. The minimum absolute atomic E-state index is 0.0125. The van der Waals surface area contributed by atoms with Crippen molar-refractivity contribution in [3.8, 4) is 0 Å². The molecule has 1 amide bonds. The third-order valence-corrected chi connectivity index (χ3v) is 5.12. The molecule has 1 aromatic carbocycles. The molecule has 1 heterocycles. The van der Waals surface area contributed by atoms with E-state index in [9.17, 15) is 4.79 Å². The van der Waals surface area contributed by atoms with E-state index in [1.807, 2.05) is 25.1 Å². The third kappa shape index (κ3) is 2.81. The first-order valence-corrected chi connectivity index (χ1v) is 8.45. The number of hydrogen-bond donors (Lipinski definition) is 1. The van der Waals surface area contributed by atoms with Crippen LogP contribution in [0.4, 0.5) is 0 Å². The molecule has 0 spiro atoms. The summed E-state index contributed by atoms with van der Waals surface area (Å²) in [6.07, 6.45) is 3.33. The van der Waals surface area contributed by atoms with E-state index in [-0.39, 0.29) is 11.9 Å². The molecule has 2 nitrogen and oxygen atoms in total. The van der Waals surface area contributed by atoms with Gasteiger partial charge in [-0.3, -0.25) is 4.79 Å². The van der Waals surface area contributed by atoms with Crippen LogP contribution >= 0.6 is 27.3 Å². The van der Waals surface area contributed by atoms with Gasteiger partial charge in [0.1, 0.15) is 0 Å². The molecule has 1 N–H and O–H groups in total. The number of carbonyl (C=O) groups excluding carboxylic acids is 1. The Morgan fingerprint density at radius 2 is 2.25 bits per heavy atom. The van der Waals surface area contributed by atoms with E-state index >= 15 is 0 Å². The van der Waals surface area contributed by atoms with Crippen LogP contribution in [0, 0.1) is 6.92 Å². The number of rotatable bonds is 2. The van der Waals surface area contributed by atoms with Crippen LogP contribution < -0.4 is 5.32 Å². The fourth-order valence-electron chi connectivity index (χ4n) is 2.75. The van der Waals surface area contributed by atoms with Crippen LogP contribution in [-0.2, 0) is 6.42 Å². The Bertz CT molecular complexity index is 629. The van der Waals surface area contributed by atoms with Crippen molar-refractivity contribution in [2.75, 3.05) is 0 Å². The zero-order valence-electron chi connectivity index (χ0n) is 11.3. The monoisotopic (exact) mass is 349 g/mol. The lowest BCUT2D eigenvalue weighted by atomic mass is 9.94. The van der Waals surface area contributed by atoms with Gasteiger partial charge in [0.2, 0.25) is 0 Å². The molecular formula is C16H16BrNOS. The van der Waals surface area contributed by atoms with Gasteiger partial charge in [-0.15, -0.1) is 11.3 Å². The Balaban J connectivity index is 1.80. The Kier molecular flexibility index (Phi) is 3.94. The molecule has 1 aromatic heterocycles. The van der Waals surface area contributed by atoms with Gasteiger partial charge in [0.25, 0.3) is 5.91 Å². The van der Waals surface area contributed by atoms with Gasteiger partial charge in [-0.05, 0) is 67.0 Å². The van der Waals surface area contributed by atoms with Gasteiger partial charge in [-0.2, -0.15) is 0 Å². The average molecular weight is 350 g/mol. The lowest BCUT2D eigenvalue weighted by Crippen LogP contribution is -2.30. The van der Waals surface area contributed by atoms with E-state index < -0.39 is 0 Å². The molecule has 0 saturated carbocycles. The number of hydrogen-bond acceptors (Lipinski definition) is 2. The first kappa shape index (κ1) is 13.8. The van der Waals surface area contributed by atoms with Crippen LogP contribution in [0.15, 0.2) is 34.1 Å². The molecule has 1 aliphatic rings. The molecule has 1 aliphatic carbocycles. The van der Waals surface area contributed by atoms with E-state index in [4.69, 9.17) is 0 Å². The maximum Gasteiger partial charge on any atom is 0.251 e. The predicted molar refractivity (Wildman–Crippen MR) is 86.3 cm³/mol. The average Bonchev–Trinajstić information content (AvgIpc) is 2.87. The van der Waals surface area contributed by atoms with Crippen molar-refractivity contribution in [1.82, 2.24) is 5.32 Å². The SMILES string of the molecule is Cc1cc(Br)cc(C(=O)NC2CCCc3sccc32)c1.